The van der Waals surface area contributed by atoms with Gasteiger partial charge in [-0.3, -0.25) is 14.5 Å². The van der Waals surface area contributed by atoms with Gasteiger partial charge in [-0.15, -0.1) is 0 Å². The molecule has 1 N–H and O–H groups in total. The van der Waals surface area contributed by atoms with E-state index in [1.165, 1.54) is 10.6 Å². The predicted molar refractivity (Wildman–Crippen MR) is 207 cm³/mol. The Morgan fingerprint density at radius 3 is 2.00 bits per heavy atom. The number of rotatable bonds is 13. The van der Waals surface area contributed by atoms with E-state index in [4.69, 9.17) is 9.72 Å². The lowest BCUT2D eigenvalue weighted by molar-refractivity contribution is 0.0605. The number of piperazine rings is 2. The van der Waals surface area contributed by atoms with Crippen LogP contribution in [0.3, 0.4) is 0 Å². The quantitative estimate of drug-likeness (QED) is 0.119. The van der Waals surface area contributed by atoms with Crippen LogP contribution in [0.2, 0.25) is 0 Å². The van der Waals surface area contributed by atoms with E-state index in [1.807, 2.05) is 48.5 Å². The lowest BCUT2D eigenvalue weighted by Crippen LogP contribution is -2.47. The number of hydrogen-bond donors (Lipinski definition) is 1. The van der Waals surface area contributed by atoms with Gasteiger partial charge in [-0.1, -0.05) is 24.3 Å². The first-order chi connectivity index (χ1) is 25.5. The number of anilines is 1. The summed E-state index contributed by atoms with van der Waals surface area (Å²) in [6.07, 6.45) is 3.92. The average Bonchev–Trinajstić information content (AvgIpc) is 3.61. The van der Waals surface area contributed by atoms with E-state index < -0.39 is 0 Å². The Morgan fingerprint density at radius 1 is 0.692 bits per heavy atom. The molecule has 52 heavy (non-hydrogen) atoms. The monoisotopic (exact) mass is 699 g/mol. The van der Waals surface area contributed by atoms with Crippen LogP contribution in [0.4, 0.5) is 5.69 Å². The van der Waals surface area contributed by atoms with Crippen LogP contribution < -0.4 is 9.64 Å². The molecular weight excluding hydrogens is 651 g/mol. The predicted octanol–water partition coefficient (Wildman–Crippen LogP) is 5.99. The first-order valence-corrected chi connectivity index (χ1v) is 19.0. The van der Waals surface area contributed by atoms with Crippen molar-refractivity contribution in [2.45, 2.75) is 25.7 Å². The number of carbonyl (C=O) groups is 2. The summed E-state index contributed by atoms with van der Waals surface area (Å²) >= 11 is 0. The number of nitrogens with one attached hydrogen (secondary N) is 1. The Labute approximate surface area is 305 Å². The van der Waals surface area contributed by atoms with Crippen molar-refractivity contribution in [1.82, 2.24) is 29.6 Å². The summed E-state index contributed by atoms with van der Waals surface area (Å²) in [5.74, 6) is 1.44. The second-order valence-electron chi connectivity index (χ2n) is 14.5. The van der Waals surface area contributed by atoms with Crippen LogP contribution >= 0.6 is 0 Å². The molecule has 10 nitrogen and oxygen atoms in total. The van der Waals surface area contributed by atoms with E-state index in [1.54, 1.807) is 0 Å². The molecule has 0 bridgehead atoms. The topological polar surface area (TPSA) is 88.2 Å². The maximum absolute atomic E-state index is 13.2. The Hall–Kier alpha value is -4.77. The Kier molecular flexibility index (Phi) is 10.2. The Balaban J connectivity index is 0.712. The highest BCUT2D eigenvalue weighted by Gasteiger charge is 2.32. The molecule has 5 aromatic rings. The minimum atomic E-state index is -0.166. The summed E-state index contributed by atoms with van der Waals surface area (Å²) < 4.78 is 6.08. The second-order valence-corrected chi connectivity index (χ2v) is 14.5. The van der Waals surface area contributed by atoms with Gasteiger partial charge in [0.15, 0.2) is 0 Å². The van der Waals surface area contributed by atoms with Crippen molar-refractivity contribution in [2.24, 2.45) is 0 Å². The molecule has 3 aliphatic rings. The molecular formula is C42H49N7O3. The lowest BCUT2D eigenvalue weighted by Gasteiger charge is -2.35. The van der Waals surface area contributed by atoms with Crippen molar-refractivity contribution in [3.05, 3.63) is 90.0 Å². The van der Waals surface area contributed by atoms with Crippen LogP contribution in [-0.4, -0.2) is 127 Å². The first kappa shape index (κ1) is 34.3. The van der Waals surface area contributed by atoms with Gasteiger partial charge in [-0.05, 0) is 106 Å². The number of imidazole rings is 1. The van der Waals surface area contributed by atoms with Gasteiger partial charge in [-0.25, -0.2) is 4.98 Å². The van der Waals surface area contributed by atoms with Gasteiger partial charge in [0.25, 0.3) is 11.8 Å². The smallest absolute Gasteiger partial charge is 0.261 e. The maximum atomic E-state index is 13.2. The SMILES string of the molecule is CN1CCN(c2ccc3nc(-c4ccc(OCCCCN5CCN(CCCCN6C(=O)c7cccc8cccc(c78)C6=O)CC5)cc4)[nH]c3c2)CC1. The third-order valence-electron chi connectivity index (χ3n) is 11.0. The number of H-pyrrole nitrogens is 1. The fourth-order valence-electron chi connectivity index (χ4n) is 7.86. The second kappa shape index (κ2) is 15.5. The number of amides is 2. The van der Waals surface area contributed by atoms with Crippen molar-refractivity contribution >= 4 is 39.3 Å². The fraction of sp³-hybridized carbons (Fsp3) is 0.405. The molecule has 270 valence electrons. The van der Waals surface area contributed by atoms with E-state index >= 15 is 0 Å². The lowest BCUT2D eigenvalue weighted by atomic mass is 9.94. The molecule has 2 amide bonds. The Morgan fingerprint density at radius 2 is 1.33 bits per heavy atom. The molecule has 2 fully saturated rings. The molecule has 0 aliphatic carbocycles. The van der Waals surface area contributed by atoms with Gasteiger partial charge in [0.05, 0.1) is 17.6 Å². The summed E-state index contributed by atoms with van der Waals surface area (Å²) in [6.45, 7) is 11.8. The van der Waals surface area contributed by atoms with Gasteiger partial charge in [-0.2, -0.15) is 0 Å². The normalized spacial score (nSPS) is 17.5. The van der Waals surface area contributed by atoms with Gasteiger partial charge in [0.1, 0.15) is 11.6 Å². The highest BCUT2D eigenvalue weighted by atomic mass is 16.5. The zero-order chi connectivity index (χ0) is 35.4. The first-order valence-electron chi connectivity index (χ1n) is 19.0. The van der Waals surface area contributed by atoms with Crippen molar-refractivity contribution in [3.63, 3.8) is 0 Å². The van der Waals surface area contributed by atoms with E-state index in [2.05, 4.69) is 62.0 Å². The van der Waals surface area contributed by atoms with Crippen LogP contribution in [0.1, 0.15) is 46.4 Å². The van der Waals surface area contributed by atoms with Crippen LogP contribution in [-0.2, 0) is 0 Å². The number of ether oxygens (including phenoxy) is 1. The molecule has 10 heteroatoms. The number of carbonyl (C=O) groups excluding carboxylic acids is 2. The summed E-state index contributed by atoms with van der Waals surface area (Å²) in [4.78, 5) is 46.0. The minimum Gasteiger partial charge on any atom is -0.494 e. The summed E-state index contributed by atoms with van der Waals surface area (Å²) in [7, 11) is 2.18. The summed E-state index contributed by atoms with van der Waals surface area (Å²) in [5.41, 5.74) is 5.64. The Bertz CT molecular complexity index is 1980. The minimum absolute atomic E-state index is 0.166. The van der Waals surface area contributed by atoms with Crippen molar-refractivity contribution in [3.8, 4) is 17.1 Å². The van der Waals surface area contributed by atoms with Crippen LogP contribution in [0.5, 0.6) is 5.75 Å². The highest BCUT2D eigenvalue weighted by molar-refractivity contribution is 6.25. The van der Waals surface area contributed by atoms with Crippen LogP contribution in [0.15, 0.2) is 78.9 Å². The molecule has 4 aromatic carbocycles. The molecule has 3 aliphatic heterocycles. The zero-order valence-corrected chi connectivity index (χ0v) is 30.2. The number of hydrogen-bond acceptors (Lipinski definition) is 8. The molecule has 8 rings (SSSR count). The number of unbranched alkanes of at least 4 members (excludes halogenated alkanes) is 2. The van der Waals surface area contributed by atoms with E-state index in [0.717, 1.165) is 130 Å². The standard InChI is InChI=1S/C42H49N7O3/c1-45-21-27-48(28-22-45)33-14-17-37-38(30-33)44-40(43-37)32-12-15-34(16-13-32)52-29-5-4-19-47-25-23-46(24-26-47)18-2-3-20-49-41(50)35-10-6-8-31-9-7-11-36(39(31)35)42(49)51/h6-17,30H,2-5,18-29H2,1H3,(H,43,44). The molecule has 0 unspecified atom stereocenters. The fourth-order valence-corrected chi connectivity index (χ4v) is 7.86. The molecule has 0 atom stereocenters. The molecule has 0 radical (unpaired) electrons. The molecule has 2 saturated heterocycles. The molecule has 4 heterocycles. The largest absolute Gasteiger partial charge is 0.494 e. The number of aromatic amines is 1. The number of imide groups is 1. The van der Waals surface area contributed by atoms with Crippen LogP contribution in [0, 0.1) is 0 Å². The van der Waals surface area contributed by atoms with Gasteiger partial charge >= 0.3 is 0 Å². The summed E-state index contributed by atoms with van der Waals surface area (Å²) in [5, 5.41) is 1.74. The molecule has 0 spiro atoms. The average molecular weight is 700 g/mol. The third-order valence-corrected chi connectivity index (χ3v) is 11.0. The van der Waals surface area contributed by atoms with Crippen molar-refractivity contribution in [1.29, 1.82) is 0 Å². The third kappa shape index (κ3) is 7.42. The number of benzene rings is 4. The van der Waals surface area contributed by atoms with Crippen LogP contribution in [0.25, 0.3) is 33.2 Å². The van der Waals surface area contributed by atoms with E-state index in [-0.39, 0.29) is 11.8 Å². The van der Waals surface area contributed by atoms with Crippen molar-refractivity contribution in [2.75, 3.05) is 90.5 Å². The van der Waals surface area contributed by atoms with Gasteiger partial charge in [0, 0.05) is 86.7 Å². The number of fused-ring (bicyclic) bond motifs is 1. The maximum Gasteiger partial charge on any atom is 0.261 e. The zero-order valence-electron chi connectivity index (χ0n) is 30.2. The van der Waals surface area contributed by atoms with E-state index in [0.29, 0.717) is 24.3 Å². The van der Waals surface area contributed by atoms with E-state index in [9.17, 15) is 9.59 Å². The molecule has 1 aromatic heterocycles. The number of likely N-dealkylation sites (N-methyl/N-ethyl adjacent to an activating group) is 1. The van der Waals surface area contributed by atoms with Gasteiger partial charge < -0.3 is 29.3 Å². The van der Waals surface area contributed by atoms with Crippen molar-refractivity contribution < 1.29 is 14.3 Å². The number of aromatic nitrogens is 2. The molecule has 0 saturated carbocycles. The summed E-state index contributed by atoms with van der Waals surface area (Å²) in [6, 6.07) is 26.2. The number of nitrogens with zero attached hydrogens (tertiary/aromatic N) is 6. The highest BCUT2D eigenvalue weighted by Crippen LogP contribution is 2.30. The van der Waals surface area contributed by atoms with Gasteiger partial charge in [0.2, 0.25) is 0 Å².